The number of carbonyl (C=O) groups excluding carboxylic acids is 2. The van der Waals surface area contributed by atoms with Crippen LogP contribution in [0, 0.1) is 0 Å². The van der Waals surface area contributed by atoms with Crippen molar-refractivity contribution in [2.45, 2.75) is 31.8 Å². The zero-order chi connectivity index (χ0) is 22.1. The highest BCUT2D eigenvalue weighted by Gasteiger charge is 2.17. The molecule has 7 heteroatoms. The molecule has 0 radical (unpaired) electrons. The Balaban J connectivity index is 1.49. The van der Waals surface area contributed by atoms with E-state index in [1.165, 1.54) is 0 Å². The second kappa shape index (κ2) is 11.4. The molecular weight excluding hydrogens is 394 g/mol. The number of nitrogens with one attached hydrogen (secondary N) is 2. The van der Waals surface area contributed by atoms with Crippen LogP contribution in [-0.4, -0.2) is 56.7 Å². The molecule has 1 atom stereocenters. The second-order valence-electron chi connectivity index (χ2n) is 7.83. The molecule has 1 unspecified atom stereocenters. The van der Waals surface area contributed by atoms with Crippen molar-refractivity contribution in [3.05, 3.63) is 54.1 Å². The van der Waals surface area contributed by atoms with Crippen LogP contribution in [0.15, 0.2) is 48.5 Å². The summed E-state index contributed by atoms with van der Waals surface area (Å²) in [5, 5.41) is 6.05. The number of carbonyl (C=O) groups is 2. The van der Waals surface area contributed by atoms with E-state index in [-0.39, 0.29) is 24.5 Å². The first-order valence-electron chi connectivity index (χ1n) is 10.7. The monoisotopic (exact) mass is 425 g/mol. The minimum Gasteiger partial charge on any atom is -0.489 e. The van der Waals surface area contributed by atoms with Gasteiger partial charge in [0.15, 0.2) is 0 Å². The van der Waals surface area contributed by atoms with Gasteiger partial charge in [-0.1, -0.05) is 24.3 Å². The Hall–Kier alpha value is -3.06. The van der Waals surface area contributed by atoms with Gasteiger partial charge in [-0.15, -0.1) is 0 Å². The van der Waals surface area contributed by atoms with E-state index in [4.69, 9.17) is 9.47 Å². The summed E-state index contributed by atoms with van der Waals surface area (Å²) in [4.78, 5) is 25.8. The van der Waals surface area contributed by atoms with E-state index in [2.05, 4.69) is 10.6 Å². The van der Waals surface area contributed by atoms with Crippen molar-refractivity contribution in [2.24, 2.45) is 0 Å². The second-order valence-corrected chi connectivity index (χ2v) is 7.83. The third-order valence-corrected chi connectivity index (χ3v) is 5.11. The number of hydrogen-bond donors (Lipinski definition) is 2. The third-order valence-electron chi connectivity index (χ3n) is 5.11. The number of amides is 2. The van der Waals surface area contributed by atoms with Crippen LogP contribution in [-0.2, 0) is 20.7 Å². The number of aryl methyl sites for hydroxylation is 1. The average molecular weight is 426 g/mol. The van der Waals surface area contributed by atoms with E-state index in [0.717, 1.165) is 30.7 Å². The quantitative estimate of drug-likeness (QED) is 0.611. The number of anilines is 2. The summed E-state index contributed by atoms with van der Waals surface area (Å²) in [7, 11) is 3.50. The Labute approximate surface area is 183 Å². The normalized spacial score (nSPS) is 15.4. The van der Waals surface area contributed by atoms with E-state index in [1.54, 1.807) is 19.0 Å². The molecule has 3 rings (SSSR count). The maximum absolute atomic E-state index is 12.4. The number of para-hydroxylation sites is 2. The fourth-order valence-electron chi connectivity index (χ4n) is 3.36. The Morgan fingerprint density at radius 3 is 2.77 bits per heavy atom. The number of nitrogens with zero attached hydrogens (tertiary/aromatic N) is 1. The van der Waals surface area contributed by atoms with Crippen LogP contribution < -0.4 is 15.4 Å². The van der Waals surface area contributed by atoms with Crippen molar-refractivity contribution < 1.29 is 19.1 Å². The van der Waals surface area contributed by atoms with E-state index >= 15 is 0 Å². The number of rotatable bonds is 10. The van der Waals surface area contributed by atoms with E-state index in [9.17, 15) is 9.59 Å². The van der Waals surface area contributed by atoms with Crippen molar-refractivity contribution in [1.82, 2.24) is 4.90 Å². The smallest absolute Gasteiger partial charge is 0.243 e. The fourth-order valence-corrected chi connectivity index (χ4v) is 3.36. The molecule has 0 spiro atoms. The standard InChI is InChI=1S/C24H31N3O4/c1-27(2)24(29)13-12-18-7-5-8-19(15-18)26-23(28)16-25-21-10-3-4-11-22(21)31-17-20-9-6-14-30-20/h3-5,7-8,10-11,15,20,25H,6,9,12-14,16-17H2,1-2H3,(H,26,28). The van der Waals surface area contributed by atoms with Gasteiger partial charge < -0.3 is 25.0 Å². The third kappa shape index (κ3) is 7.29. The van der Waals surface area contributed by atoms with Gasteiger partial charge >= 0.3 is 0 Å². The minimum atomic E-state index is -0.157. The molecule has 1 aliphatic rings. The molecule has 1 aliphatic heterocycles. The summed E-state index contributed by atoms with van der Waals surface area (Å²) in [6, 6.07) is 15.2. The maximum atomic E-state index is 12.4. The molecule has 1 saturated heterocycles. The van der Waals surface area contributed by atoms with Gasteiger partial charge in [-0.3, -0.25) is 9.59 Å². The molecule has 2 amide bonds. The maximum Gasteiger partial charge on any atom is 0.243 e. The topological polar surface area (TPSA) is 79.9 Å². The highest BCUT2D eigenvalue weighted by atomic mass is 16.5. The fraction of sp³-hybridized carbons (Fsp3) is 0.417. The van der Waals surface area contributed by atoms with Gasteiger partial charge in [0.1, 0.15) is 12.4 Å². The predicted molar refractivity (Wildman–Crippen MR) is 121 cm³/mol. The zero-order valence-corrected chi connectivity index (χ0v) is 18.2. The van der Waals surface area contributed by atoms with Gasteiger partial charge in [0.05, 0.1) is 18.3 Å². The Kier molecular flexibility index (Phi) is 8.29. The SMILES string of the molecule is CN(C)C(=O)CCc1cccc(NC(=O)CNc2ccccc2OCC2CCCO2)c1. The first-order chi connectivity index (χ1) is 15.0. The molecule has 1 fully saturated rings. The number of hydrogen-bond acceptors (Lipinski definition) is 5. The molecule has 1 heterocycles. The summed E-state index contributed by atoms with van der Waals surface area (Å²) < 4.78 is 11.5. The molecule has 166 valence electrons. The lowest BCUT2D eigenvalue weighted by atomic mass is 10.1. The van der Waals surface area contributed by atoms with Gasteiger partial charge in [0.2, 0.25) is 11.8 Å². The molecule has 0 bridgehead atoms. The first-order valence-corrected chi connectivity index (χ1v) is 10.7. The van der Waals surface area contributed by atoms with Crippen molar-refractivity contribution in [3.63, 3.8) is 0 Å². The van der Waals surface area contributed by atoms with Crippen LogP contribution in [0.1, 0.15) is 24.8 Å². The predicted octanol–water partition coefficient (Wildman–Crippen LogP) is 3.32. The lowest BCUT2D eigenvalue weighted by Gasteiger charge is -2.15. The van der Waals surface area contributed by atoms with Crippen LogP contribution in [0.3, 0.4) is 0 Å². The molecule has 2 N–H and O–H groups in total. The molecule has 2 aromatic rings. The van der Waals surface area contributed by atoms with Gasteiger partial charge in [-0.05, 0) is 49.1 Å². The van der Waals surface area contributed by atoms with Crippen LogP contribution in [0.2, 0.25) is 0 Å². The van der Waals surface area contributed by atoms with Crippen molar-refractivity contribution >= 4 is 23.2 Å². The summed E-state index contributed by atoms with van der Waals surface area (Å²) in [5.74, 6) is 0.632. The molecule has 2 aromatic carbocycles. The van der Waals surface area contributed by atoms with Crippen molar-refractivity contribution in [3.8, 4) is 5.75 Å². The lowest BCUT2D eigenvalue weighted by molar-refractivity contribution is -0.128. The Morgan fingerprint density at radius 2 is 2.00 bits per heavy atom. The molecular formula is C24H31N3O4. The molecule has 31 heavy (non-hydrogen) atoms. The van der Waals surface area contributed by atoms with E-state index < -0.39 is 0 Å². The van der Waals surface area contributed by atoms with Gasteiger partial charge in [-0.2, -0.15) is 0 Å². The van der Waals surface area contributed by atoms with Crippen LogP contribution >= 0.6 is 0 Å². The summed E-state index contributed by atoms with van der Waals surface area (Å²) in [6.45, 7) is 1.42. The minimum absolute atomic E-state index is 0.0824. The first kappa shape index (κ1) is 22.6. The molecule has 7 nitrogen and oxygen atoms in total. The van der Waals surface area contributed by atoms with E-state index in [1.807, 2.05) is 48.5 Å². The van der Waals surface area contributed by atoms with Gasteiger partial charge in [0, 0.05) is 32.8 Å². The van der Waals surface area contributed by atoms with Crippen LogP contribution in [0.25, 0.3) is 0 Å². The summed E-state index contributed by atoms with van der Waals surface area (Å²) >= 11 is 0. The summed E-state index contributed by atoms with van der Waals surface area (Å²) in [5.41, 5.74) is 2.49. The van der Waals surface area contributed by atoms with Crippen molar-refractivity contribution in [1.29, 1.82) is 0 Å². The van der Waals surface area contributed by atoms with Gasteiger partial charge in [-0.25, -0.2) is 0 Å². The van der Waals surface area contributed by atoms with Gasteiger partial charge in [0.25, 0.3) is 0 Å². The molecule has 0 aliphatic carbocycles. The van der Waals surface area contributed by atoms with Crippen LogP contribution in [0.5, 0.6) is 5.75 Å². The largest absolute Gasteiger partial charge is 0.489 e. The highest BCUT2D eigenvalue weighted by molar-refractivity contribution is 5.94. The highest BCUT2D eigenvalue weighted by Crippen LogP contribution is 2.25. The lowest BCUT2D eigenvalue weighted by Crippen LogP contribution is -2.23. The Bertz CT molecular complexity index is 879. The Morgan fingerprint density at radius 1 is 1.16 bits per heavy atom. The summed E-state index contributed by atoms with van der Waals surface area (Å²) in [6.07, 6.45) is 3.29. The van der Waals surface area contributed by atoms with E-state index in [0.29, 0.717) is 30.9 Å². The average Bonchev–Trinajstić information content (AvgIpc) is 3.29. The number of benzene rings is 2. The molecule has 0 saturated carbocycles. The molecule has 0 aromatic heterocycles. The van der Waals surface area contributed by atoms with Crippen molar-refractivity contribution in [2.75, 3.05) is 44.5 Å². The zero-order valence-electron chi connectivity index (χ0n) is 18.2. The number of ether oxygens (including phenoxy) is 2. The van der Waals surface area contributed by atoms with Crippen LogP contribution in [0.4, 0.5) is 11.4 Å².